The maximum absolute atomic E-state index is 15.0. The molecule has 4 heterocycles. The number of hydrogen-bond acceptors (Lipinski definition) is 26. The molecular formula is C89H130N28O21. The molecule has 752 valence electrons. The molecule has 0 aliphatic carbocycles. The number of imidazole rings is 2. The maximum atomic E-state index is 15.0. The lowest BCUT2D eigenvalue weighted by molar-refractivity contribution is -0.143. The van der Waals surface area contributed by atoms with Crippen molar-refractivity contribution in [1.82, 2.24) is 115 Å². The molecule has 1 fully saturated rings. The summed E-state index contributed by atoms with van der Waals surface area (Å²) in [6.45, 7) is 8.10. The van der Waals surface area contributed by atoms with Crippen LogP contribution in [-0.2, 0) is 109 Å². The third-order valence-corrected chi connectivity index (χ3v) is 22.6. The monoisotopic (exact) mass is 1930 g/mol. The molecule has 16 unspecified atom stereocenters. The predicted octanol–water partition coefficient (Wildman–Crippen LogP) is -6.26. The van der Waals surface area contributed by atoms with Crippen LogP contribution in [0.2, 0.25) is 0 Å². The number of aromatic nitrogens is 5. The predicted molar refractivity (Wildman–Crippen MR) is 500 cm³/mol. The molecule has 3 aromatic carbocycles. The van der Waals surface area contributed by atoms with E-state index in [-0.39, 0.29) is 126 Å². The van der Waals surface area contributed by atoms with Gasteiger partial charge in [-0.1, -0.05) is 70.2 Å². The van der Waals surface area contributed by atoms with Crippen molar-refractivity contribution < 1.29 is 102 Å². The minimum absolute atomic E-state index is 0.00986. The number of nitrogens with one attached hydrogen (secondary N) is 21. The molecule has 16 atom stereocenters. The molecule has 49 nitrogen and oxygen atoms in total. The molecule has 49 heteroatoms. The summed E-state index contributed by atoms with van der Waals surface area (Å²) >= 11 is 0. The topological polar surface area (TPSA) is 795 Å². The number of aliphatic hydroxyl groups excluding tert-OH is 2. The summed E-state index contributed by atoms with van der Waals surface area (Å²) in [5.74, 6) is -18.1. The summed E-state index contributed by atoms with van der Waals surface area (Å²) in [6, 6.07) is -3.71. The molecule has 1 aliphatic rings. The Hall–Kier alpha value is -14.9. The van der Waals surface area contributed by atoms with Gasteiger partial charge in [0, 0.05) is 74.8 Å². The SMILES string of the molecule is CC(NC(=O)C(CCCNC(=N)N)NC(=O)CNC(=O)C(NC(=O)C(NC(=O)C(Cc1c[nH]cn1)NC(=O)C(Cc1ccc(O)cc1)NC(=O)C(CCCNC(=N)N)NC(=O)C1CCCN1C(=O)C(CO)NC(=O)C(C)NC(=O)C(NC(=O)C(Cc1c[nH]cn1)NC(=O)C(CCCCN)NC(=O)C(Cc1ccc(O)cc1)NC(=O)C(N)Cc1c[nH]c2ccccc12)C(C)C)C(C)O)C(C)C)C(=O)O. The number of nitrogens with zero attached hydrogens (tertiary/aromatic N) is 3. The highest BCUT2D eigenvalue weighted by atomic mass is 16.4. The van der Waals surface area contributed by atoms with Crippen molar-refractivity contribution in [2.75, 3.05) is 39.3 Å². The van der Waals surface area contributed by atoms with Gasteiger partial charge >= 0.3 is 5.97 Å². The average Bonchev–Trinajstić information content (AvgIpc) is 1.66. The first kappa shape index (κ1) is 110. The number of amides is 15. The van der Waals surface area contributed by atoms with Gasteiger partial charge in [-0.25, -0.2) is 9.97 Å². The molecule has 0 spiro atoms. The number of fused-ring (bicyclic) bond motifs is 1. The first-order chi connectivity index (χ1) is 65.5. The molecule has 7 rings (SSSR count). The van der Waals surface area contributed by atoms with Gasteiger partial charge in [-0.2, -0.15) is 0 Å². The molecule has 1 saturated heterocycles. The van der Waals surface area contributed by atoms with Crippen LogP contribution in [0, 0.1) is 22.7 Å². The molecular weight excluding hydrogens is 1800 g/mol. The quantitative estimate of drug-likeness (QED) is 0.00959. The zero-order chi connectivity index (χ0) is 102. The van der Waals surface area contributed by atoms with Crippen LogP contribution in [0.1, 0.15) is 134 Å². The summed E-state index contributed by atoms with van der Waals surface area (Å²) < 4.78 is 0. The number of carboxylic acids is 1. The van der Waals surface area contributed by atoms with Crippen LogP contribution in [0.15, 0.2) is 104 Å². The summed E-state index contributed by atoms with van der Waals surface area (Å²) in [5.41, 5.74) is 26.1. The Morgan fingerprint density at radius 2 is 0.906 bits per heavy atom. The van der Waals surface area contributed by atoms with Crippen molar-refractivity contribution in [1.29, 1.82) is 10.8 Å². The van der Waals surface area contributed by atoms with E-state index in [2.05, 4.69) is 110 Å². The molecule has 3 aromatic heterocycles. The molecule has 34 N–H and O–H groups in total. The standard InChI is InChI=1S/C89H130N28O21/c1-45(2)70(83(133)101-41-69(122)106-60(18-12-30-98-88(92)93)75(125)105-48(6)87(137)138)115-85(135)72(49(7)119)116-81(131)66(37-54-40-97-44-103-54)112-79(129)64(34-51-23-27-56(121)28-24-51)110-77(127)62(19-13-31-99-89(94)95)108-82(132)68-20-14-32-117(68)86(136)67(42-118)113-73(123)47(5)104-84(134)71(46(3)4)114-80(130)65(36-53-39-96-43-102-53)111-76(126)61(17-10-11-29-90)107-78(128)63(33-50-21-25-55(120)26-22-50)109-74(124)58(91)35-52-38-100-59-16-9-8-15-57(52)59/h8-9,15-16,21-28,38-40,43-49,58,60-68,70-72,100,118-121H,10-14,17-20,29-37,41-42,90-91H2,1-7H3,(H,96,102)(H,97,103)(H,101,133)(H,104,134)(H,105,125)(H,106,122)(H,107,128)(H,108,132)(H,109,124)(H,110,127)(H,111,126)(H,112,129)(H,113,123)(H,114,130)(H,115,135)(H,116,131)(H,137,138)(H4,92,93,98)(H4,94,95,99). The van der Waals surface area contributed by atoms with Crippen LogP contribution in [0.25, 0.3) is 10.9 Å². The second-order valence-corrected chi connectivity index (χ2v) is 34.3. The van der Waals surface area contributed by atoms with Gasteiger partial charge in [0.2, 0.25) is 88.6 Å². The number of carbonyl (C=O) groups excluding carboxylic acids is 15. The number of likely N-dealkylation sites (tertiary alicyclic amines) is 1. The van der Waals surface area contributed by atoms with Gasteiger partial charge in [0.25, 0.3) is 0 Å². The molecule has 15 amide bonds. The maximum Gasteiger partial charge on any atom is 0.325 e. The lowest BCUT2D eigenvalue weighted by Gasteiger charge is -2.30. The van der Waals surface area contributed by atoms with E-state index in [4.69, 9.17) is 33.8 Å². The highest BCUT2D eigenvalue weighted by molar-refractivity contribution is 6.01. The highest BCUT2D eigenvalue weighted by Crippen LogP contribution is 2.23. The normalized spacial score (nSPS) is 15.6. The number of carboxylic acid groups (broad SMARTS) is 1. The third-order valence-electron chi connectivity index (χ3n) is 22.6. The first-order valence-corrected chi connectivity index (χ1v) is 45.3. The summed E-state index contributed by atoms with van der Waals surface area (Å²) in [5, 5.41) is 108. The average molecular weight is 1930 g/mol. The lowest BCUT2D eigenvalue weighted by Crippen LogP contribution is -2.62. The number of para-hydroxylation sites is 1. The van der Waals surface area contributed by atoms with E-state index < -0.39 is 229 Å². The number of phenols is 2. The van der Waals surface area contributed by atoms with Crippen LogP contribution < -0.4 is 108 Å². The second-order valence-electron chi connectivity index (χ2n) is 34.3. The molecule has 0 radical (unpaired) electrons. The number of unbranched alkanes of at least 4 members (excludes halogenated alkanes) is 1. The van der Waals surface area contributed by atoms with E-state index in [1.165, 1.54) is 89.1 Å². The zero-order valence-corrected chi connectivity index (χ0v) is 77.8. The van der Waals surface area contributed by atoms with Crippen molar-refractivity contribution in [2.24, 2.45) is 34.8 Å². The largest absolute Gasteiger partial charge is 0.508 e. The van der Waals surface area contributed by atoms with Crippen molar-refractivity contribution >= 4 is 117 Å². The Labute approximate surface area is 794 Å². The van der Waals surface area contributed by atoms with E-state index >= 15 is 4.79 Å². The fraction of sp³-hybridized carbons (Fsp3) is 0.506. The molecule has 138 heavy (non-hydrogen) atoms. The van der Waals surface area contributed by atoms with Crippen molar-refractivity contribution in [3.05, 3.63) is 132 Å². The number of hydrogen-bond donors (Lipinski definition) is 30. The molecule has 6 aromatic rings. The van der Waals surface area contributed by atoms with Crippen molar-refractivity contribution in [3.8, 4) is 11.5 Å². The van der Waals surface area contributed by atoms with E-state index in [9.17, 15) is 97.5 Å². The van der Waals surface area contributed by atoms with Crippen molar-refractivity contribution in [3.63, 3.8) is 0 Å². The van der Waals surface area contributed by atoms with Crippen LogP contribution in [-0.4, -0.2) is 298 Å². The summed E-state index contributed by atoms with van der Waals surface area (Å²) in [4.78, 5) is 245. The number of aliphatic carboxylic acids is 1. The fourth-order valence-electron chi connectivity index (χ4n) is 14.9. The summed E-state index contributed by atoms with van der Waals surface area (Å²) in [6.07, 6.45) is 5.06. The van der Waals surface area contributed by atoms with Gasteiger partial charge in [0.15, 0.2) is 11.9 Å². The number of aromatic amines is 3. The van der Waals surface area contributed by atoms with E-state index in [1.807, 2.05) is 24.3 Å². The number of phenolic OH excluding ortho intramolecular Hbond substituents is 2. The Balaban J connectivity index is 1.02. The van der Waals surface area contributed by atoms with E-state index in [0.717, 1.165) is 28.3 Å². The van der Waals surface area contributed by atoms with Crippen LogP contribution in [0.5, 0.6) is 11.5 Å². The Kier molecular flexibility index (Phi) is 43.6. The second kappa shape index (κ2) is 54.6. The van der Waals surface area contributed by atoms with E-state index in [1.54, 1.807) is 32.2 Å². The van der Waals surface area contributed by atoms with E-state index in [0.29, 0.717) is 24.0 Å². The number of aromatic hydroxyl groups is 2. The van der Waals surface area contributed by atoms with Crippen molar-refractivity contribution in [2.45, 2.75) is 235 Å². The van der Waals surface area contributed by atoms with Gasteiger partial charge in [-0.15, -0.1) is 0 Å². The number of carbonyl (C=O) groups is 16. The number of aliphatic hydroxyl groups is 2. The number of nitrogens with two attached hydrogens (primary N) is 4. The summed E-state index contributed by atoms with van der Waals surface area (Å²) in [7, 11) is 0. The number of benzene rings is 3. The zero-order valence-electron chi connectivity index (χ0n) is 77.8. The molecule has 0 bridgehead atoms. The smallest absolute Gasteiger partial charge is 0.325 e. The van der Waals surface area contributed by atoms with Gasteiger partial charge < -0.3 is 153 Å². The van der Waals surface area contributed by atoms with Crippen LogP contribution in [0.3, 0.4) is 0 Å². The Bertz CT molecular complexity index is 5140. The molecule has 0 saturated carbocycles. The van der Waals surface area contributed by atoms with Crippen LogP contribution in [0.4, 0.5) is 0 Å². The third kappa shape index (κ3) is 35.1. The number of H-pyrrole nitrogens is 3. The minimum Gasteiger partial charge on any atom is -0.508 e. The first-order valence-electron chi connectivity index (χ1n) is 45.3. The minimum atomic E-state index is -1.88. The van der Waals surface area contributed by atoms with Gasteiger partial charge in [0.1, 0.15) is 96.1 Å². The van der Waals surface area contributed by atoms with Gasteiger partial charge in [-0.3, -0.25) is 87.5 Å². The Morgan fingerprint density at radius 1 is 0.471 bits per heavy atom. The van der Waals surface area contributed by atoms with Gasteiger partial charge in [0.05, 0.1) is 49.3 Å². The molecule has 1 aliphatic heterocycles. The number of guanidine groups is 2. The Morgan fingerprint density at radius 3 is 1.40 bits per heavy atom. The highest BCUT2D eigenvalue weighted by Gasteiger charge is 2.43. The number of rotatable bonds is 56. The van der Waals surface area contributed by atoms with Gasteiger partial charge in [-0.05, 0) is 150 Å². The lowest BCUT2D eigenvalue weighted by atomic mass is 10.0. The van der Waals surface area contributed by atoms with Crippen LogP contribution >= 0.6 is 0 Å². The fourth-order valence-corrected chi connectivity index (χ4v) is 14.9.